The quantitative estimate of drug-likeness (QED) is 0.455. The van der Waals surface area contributed by atoms with Crippen molar-refractivity contribution in [2.45, 2.75) is 25.9 Å². The Morgan fingerprint density at radius 1 is 1.11 bits per heavy atom. The fourth-order valence-electron chi connectivity index (χ4n) is 2.72. The molecule has 0 fully saturated rings. The van der Waals surface area contributed by atoms with Crippen LogP contribution < -0.4 is 10.1 Å². The smallest absolute Gasteiger partial charge is 0.305 e. The highest BCUT2D eigenvalue weighted by Gasteiger charge is 2.07. The van der Waals surface area contributed by atoms with E-state index in [4.69, 9.17) is 4.74 Å². The van der Waals surface area contributed by atoms with Gasteiger partial charge >= 0.3 is 5.97 Å². The molecule has 1 aromatic carbocycles. The summed E-state index contributed by atoms with van der Waals surface area (Å²) in [6.07, 6.45) is 5.64. The molecule has 0 aliphatic rings. The molecule has 0 atom stereocenters. The Balaban J connectivity index is 1.43. The second-order valence-corrected chi connectivity index (χ2v) is 6.30. The van der Waals surface area contributed by atoms with Crippen LogP contribution in [0.1, 0.15) is 35.3 Å². The van der Waals surface area contributed by atoms with Gasteiger partial charge < -0.3 is 19.2 Å². The van der Waals surface area contributed by atoms with E-state index in [1.54, 1.807) is 24.3 Å². The highest BCUT2D eigenvalue weighted by molar-refractivity contribution is 5.94. The number of hydrogen-bond acceptors (Lipinski definition) is 5. The molecule has 0 radical (unpaired) electrons. The first-order valence-electron chi connectivity index (χ1n) is 9.16. The fourth-order valence-corrected chi connectivity index (χ4v) is 2.72. The first kappa shape index (κ1) is 19.4. The van der Waals surface area contributed by atoms with Gasteiger partial charge in [-0.1, -0.05) is 6.07 Å². The number of imidazole rings is 1. The number of pyridine rings is 1. The van der Waals surface area contributed by atoms with Crippen LogP contribution in [0.4, 0.5) is 0 Å². The number of benzene rings is 1. The number of esters is 1. The number of unbranched alkanes of at least 4 members (excludes halogenated alkanes) is 1. The zero-order valence-corrected chi connectivity index (χ0v) is 15.8. The van der Waals surface area contributed by atoms with Crippen LogP contribution >= 0.6 is 0 Å². The molecule has 146 valence electrons. The molecule has 2 heterocycles. The summed E-state index contributed by atoms with van der Waals surface area (Å²) in [6, 6.07) is 12.8. The second-order valence-electron chi connectivity index (χ2n) is 6.30. The van der Waals surface area contributed by atoms with Crippen LogP contribution in [0, 0.1) is 0 Å². The Hall–Kier alpha value is -3.35. The largest absolute Gasteiger partial charge is 0.487 e. The summed E-state index contributed by atoms with van der Waals surface area (Å²) in [5.41, 5.74) is 2.27. The molecule has 0 aliphatic carbocycles. The lowest BCUT2D eigenvalue weighted by Gasteiger charge is -2.07. The van der Waals surface area contributed by atoms with Gasteiger partial charge in [0.25, 0.3) is 5.91 Å². The molecule has 0 saturated heterocycles. The number of amides is 1. The summed E-state index contributed by atoms with van der Waals surface area (Å²) in [5.74, 6) is 0.294. The summed E-state index contributed by atoms with van der Waals surface area (Å²) in [5, 5.41) is 2.84. The summed E-state index contributed by atoms with van der Waals surface area (Å²) in [4.78, 5) is 27.6. The number of ether oxygens (including phenoxy) is 2. The predicted molar refractivity (Wildman–Crippen MR) is 104 cm³/mol. The van der Waals surface area contributed by atoms with E-state index in [0.717, 1.165) is 17.8 Å². The highest BCUT2D eigenvalue weighted by Crippen LogP contribution is 2.14. The van der Waals surface area contributed by atoms with Crippen molar-refractivity contribution in [3.05, 3.63) is 66.1 Å². The van der Waals surface area contributed by atoms with Crippen LogP contribution in [0.5, 0.6) is 5.75 Å². The SMILES string of the molecule is COC(=O)CCCCNC(=O)c1ccc(OCc2cn3ccccc3n2)cc1. The van der Waals surface area contributed by atoms with Crippen molar-refractivity contribution in [1.82, 2.24) is 14.7 Å². The molecular weight excluding hydrogens is 358 g/mol. The van der Waals surface area contributed by atoms with Crippen LogP contribution in [-0.2, 0) is 16.1 Å². The zero-order valence-electron chi connectivity index (χ0n) is 15.8. The van der Waals surface area contributed by atoms with Gasteiger partial charge in [-0.2, -0.15) is 0 Å². The van der Waals surface area contributed by atoms with Crippen molar-refractivity contribution in [3.8, 4) is 5.75 Å². The Morgan fingerprint density at radius 3 is 2.68 bits per heavy atom. The minimum atomic E-state index is -0.231. The molecule has 28 heavy (non-hydrogen) atoms. The van der Waals surface area contributed by atoms with E-state index < -0.39 is 0 Å². The van der Waals surface area contributed by atoms with Crippen molar-refractivity contribution in [1.29, 1.82) is 0 Å². The Kier molecular flexibility index (Phi) is 6.62. The maximum Gasteiger partial charge on any atom is 0.305 e. The van der Waals surface area contributed by atoms with Crippen LogP contribution in [0.2, 0.25) is 0 Å². The molecular formula is C21H23N3O4. The van der Waals surface area contributed by atoms with Gasteiger partial charge in [0.2, 0.25) is 0 Å². The summed E-state index contributed by atoms with van der Waals surface area (Å²) in [6.45, 7) is 0.870. The van der Waals surface area contributed by atoms with Crippen LogP contribution in [-0.4, -0.2) is 34.9 Å². The molecule has 0 unspecified atom stereocenters. The molecule has 3 rings (SSSR count). The molecule has 7 heteroatoms. The second kappa shape index (κ2) is 9.55. The van der Waals surface area contributed by atoms with Crippen LogP contribution in [0.15, 0.2) is 54.9 Å². The van der Waals surface area contributed by atoms with Gasteiger partial charge in [0, 0.05) is 30.9 Å². The molecule has 7 nitrogen and oxygen atoms in total. The Labute approximate surface area is 163 Å². The average Bonchev–Trinajstić information content (AvgIpc) is 3.15. The van der Waals surface area contributed by atoms with E-state index in [9.17, 15) is 9.59 Å². The van der Waals surface area contributed by atoms with E-state index in [0.29, 0.717) is 37.3 Å². The number of carbonyl (C=O) groups is 2. The topological polar surface area (TPSA) is 81.9 Å². The Bertz CT molecular complexity index is 901. The van der Waals surface area contributed by atoms with E-state index >= 15 is 0 Å². The van der Waals surface area contributed by atoms with Gasteiger partial charge in [0.1, 0.15) is 18.0 Å². The minimum absolute atomic E-state index is 0.148. The van der Waals surface area contributed by atoms with Gasteiger partial charge in [-0.15, -0.1) is 0 Å². The lowest BCUT2D eigenvalue weighted by molar-refractivity contribution is -0.140. The fraction of sp³-hybridized carbons (Fsp3) is 0.286. The van der Waals surface area contributed by atoms with Crippen molar-refractivity contribution >= 4 is 17.5 Å². The number of hydrogen-bond donors (Lipinski definition) is 1. The molecule has 0 spiro atoms. The number of nitrogens with zero attached hydrogens (tertiary/aromatic N) is 2. The predicted octanol–water partition coefficient (Wildman–Crippen LogP) is 2.99. The molecule has 1 amide bonds. The minimum Gasteiger partial charge on any atom is -0.487 e. The number of aromatic nitrogens is 2. The third kappa shape index (κ3) is 5.33. The molecule has 0 saturated carbocycles. The van der Waals surface area contributed by atoms with Crippen molar-refractivity contribution in [2.24, 2.45) is 0 Å². The summed E-state index contributed by atoms with van der Waals surface area (Å²) >= 11 is 0. The van der Waals surface area contributed by atoms with Crippen LogP contribution in [0.3, 0.4) is 0 Å². The van der Waals surface area contributed by atoms with Gasteiger partial charge in [-0.25, -0.2) is 4.98 Å². The molecule has 0 aliphatic heterocycles. The standard InChI is InChI=1S/C21H23N3O4/c1-27-20(25)7-2-4-12-22-21(26)16-8-10-18(11-9-16)28-15-17-14-24-13-5-3-6-19(24)23-17/h3,5-6,8-11,13-14H,2,4,7,12,15H2,1H3,(H,22,26). The van der Waals surface area contributed by atoms with Gasteiger partial charge in [0.05, 0.1) is 12.8 Å². The first-order chi connectivity index (χ1) is 13.7. The number of methoxy groups -OCH3 is 1. The van der Waals surface area contributed by atoms with Gasteiger partial charge in [-0.3, -0.25) is 9.59 Å². The lowest BCUT2D eigenvalue weighted by Crippen LogP contribution is -2.24. The maximum atomic E-state index is 12.1. The Morgan fingerprint density at radius 2 is 1.93 bits per heavy atom. The molecule has 2 aromatic heterocycles. The average molecular weight is 381 g/mol. The van der Waals surface area contributed by atoms with E-state index in [2.05, 4.69) is 15.0 Å². The third-order valence-corrected chi connectivity index (χ3v) is 4.24. The highest BCUT2D eigenvalue weighted by atomic mass is 16.5. The zero-order chi connectivity index (χ0) is 19.8. The van der Waals surface area contributed by atoms with Crippen molar-refractivity contribution in [2.75, 3.05) is 13.7 Å². The van der Waals surface area contributed by atoms with E-state index in [-0.39, 0.29) is 11.9 Å². The molecule has 0 bridgehead atoms. The summed E-state index contributed by atoms with van der Waals surface area (Å²) < 4.78 is 12.3. The van der Waals surface area contributed by atoms with Crippen molar-refractivity contribution < 1.29 is 19.1 Å². The number of nitrogens with one attached hydrogen (secondary N) is 1. The summed E-state index contributed by atoms with van der Waals surface area (Å²) in [7, 11) is 1.37. The normalized spacial score (nSPS) is 10.6. The molecule has 1 N–H and O–H groups in total. The monoisotopic (exact) mass is 381 g/mol. The molecule has 3 aromatic rings. The van der Waals surface area contributed by atoms with Gasteiger partial charge in [-0.05, 0) is 49.2 Å². The first-order valence-corrected chi connectivity index (χ1v) is 9.16. The van der Waals surface area contributed by atoms with E-state index in [1.165, 1.54) is 7.11 Å². The van der Waals surface area contributed by atoms with Crippen LogP contribution in [0.25, 0.3) is 5.65 Å². The number of carbonyl (C=O) groups excluding carboxylic acids is 2. The van der Waals surface area contributed by atoms with Crippen molar-refractivity contribution in [3.63, 3.8) is 0 Å². The number of rotatable bonds is 9. The third-order valence-electron chi connectivity index (χ3n) is 4.24. The van der Waals surface area contributed by atoms with Gasteiger partial charge in [0.15, 0.2) is 0 Å². The number of fused-ring (bicyclic) bond motifs is 1. The van der Waals surface area contributed by atoms with E-state index in [1.807, 2.05) is 35.0 Å². The maximum absolute atomic E-state index is 12.1. The lowest BCUT2D eigenvalue weighted by atomic mass is 10.2.